The molecule has 1 saturated heterocycles. The van der Waals surface area contributed by atoms with E-state index in [4.69, 9.17) is 26.1 Å². The number of aliphatic hydroxyl groups is 1. The van der Waals surface area contributed by atoms with Crippen LogP contribution in [0, 0.1) is 17.8 Å². The summed E-state index contributed by atoms with van der Waals surface area (Å²) in [6.07, 6.45) is 4.74. The van der Waals surface area contributed by atoms with Gasteiger partial charge in [0.05, 0.1) is 17.2 Å². The number of nitrogens with zero attached hydrogens (tertiary/aromatic N) is 3. The fraction of sp³-hybridized carbons (Fsp3) is 0.581. The Kier molecular flexibility index (Phi) is 7.76. The Hall–Kier alpha value is -3.04. The van der Waals surface area contributed by atoms with E-state index in [9.17, 15) is 14.7 Å². The molecule has 4 aliphatic carbocycles. The number of halogens is 1. The van der Waals surface area contributed by atoms with Crippen molar-refractivity contribution in [3.8, 4) is 5.75 Å². The van der Waals surface area contributed by atoms with E-state index in [-0.39, 0.29) is 24.6 Å². The van der Waals surface area contributed by atoms with Crippen LogP contribution in [0.3, 0.4) is 0 Å². The highest BCUT2D eigenvalue weighted by molar-refractivity contribution is 6.32. The van der Waals surface area contributed by atoms with Gasteiger partial charge < -0.3 is 29.7 Å². The van der Waals surface area contributed by atoms with Crippen molar-refractivity contribution < 1.29 is 24.2 Å². The molecule has 1 aromatic carbocycles. The smallest absolute Gasteiger partial charge is 0.344 e. The summed E-state index contributed by atoms with van der Waals surface area (Å²) in [5.41, 5.74) is 0.903. The summed E-state index contributed by atoms with van der Waals surface area (Å²) in [5.74, 6) is 2.01. The number of carbonyl (C=O) groups is 2. The first-order valence-electron chi connectivity index (χ1n) is 14.8. The summed E-state index contributed by atoms with van der Waals surface area (Å²) in [7, 11) is 0. The van der Waals surface area contributed by atoms with Gasteiger partial charge in [-0.15, -0.1) is 0 Å². The zero-order chi connectivity index (χ0) is 28.7. The zero-order valence-electron chi connectivity index (χ0n) is 23.7. The molecule has 4 bridgehead atoms. The fourth-order valence-electron chi connectivity index (χ4n) is 7.83. The van der Waals surface area contributed by atoms with Gasteiger partial charge in [0.25, 0.3) is 5.91 Å². The van der Waals surface area contributed by atoms with Crippen molar-refractivity contribution in [3.05, 3.63) is 47.1 Å². The van der Waals surface area contributed by atoms with E-state index in [0.29, 0.717) is 40.8 Å². The van der Waals surface area contributed by atoms with Crippen LogP contribution in [-0.2, 0) is 9.53 Å². The molecule has 4 saturated carbocycles. The summed E-state index contributed by atoms with van der Waals surface area (Å²) in [4.78, 5) is 34.2. The molecule has 220 valence electrons. The molecule has 1 aliphatic heterocycles. The molecule has 1 aromatic heterocycles. The number of piperazine rings is 1. The minimum absolute atomic E-state index is 0.123. The fourth-order valence-corrected chi connectivity index (χ4v) is 8.06. The summed E-state index contributed by atoms with van der Waals surface area (Å²) in [6.45, 7) is 6.28. The number of benzene rings is 1. The number of amides is 1. The first kappa shape index (κ1) is 28.1. The topological polar surface area (TPSA) is 104 Å². The number of nitrogens with one attached hydrogen (secondary N) is 1. The Morgan fingerprint density at radius 2 is 1.93 bits per heavy atom. The van der Waals surface area contributed by atoms with Crippen LogP contribution >= 0.6 is 11.6 Å². The van der Waals surface area contributed by atoms with E-state index in [1.165, 1.54) is 0 Å². The van der Waals surface area contributed by atoms with Gasteiger partial charge in [0.2, 0.25) is 0 Å². The molecule has 0 spiro atoms. The first-order chi connectivity index (χ1) is 19.7. The van der Waals surface area contributed by atoms with Crippen LogP contribution in [0.1, 0.15) is 56.4 Å². The second-order valence-corrected chi connectivity index (χ2v) is 12.7. The Balaban J connectivity index is 1.07. The lowest BCUT2D eigenvalue weighted by molar-refractivity contribution is -0.145. The largest absolute Gasteiger partial charge is 0.480 e. The molecule has 7 rings (SSSR count). The molecular formula is C31H39ClN4O5. The van der Waals surface area contributed by atoms with E-state index in [1.54, 1.807) is 19.1 Å². The van der Waals surface area contributed by atoms with E-state index in [1.807, 2.05) is 24.3 Å². The highest BCUT2D eigenvalue weighted by atomic mass is 35.5. The molecule has 2 aromatic rings. The maximum absolute atomic E-state index is 13.3. The van der Waals surface area contributed by atoms with Crippen LogP contribution in [0.15, 0.2) is 36.4 Å². The van der Waals surface area contributed by atoms with Crippen molar-refractivity contribution in [1.29, 1.82) is 0 Å². The van der Waals surface area contributed by atoms with Crippen LogP contribution in [0.4, 0.5) is 11.5 Å². The normalized spacial score (nSPS) is 30.3. The van der Waals surface area contributed by atoms with Crippen molar-refractivity contribution in [1.82, 2.24) is 10.3 Å². The van der Waals surface area contributed by atoms with Crippen LogP contribution in [0.25, 0.3) is 0 Å². The predicted molar refractivity (Wildman–Crippen MR) is 157 cm³/mol. The Labute approximate surface area is 246 Å². The summed E-state index contributed by atoms with van der Waals surface area (Å²) >= 11 is 6.46. The number of pyridine rings is 1. The van der Waals surface area contributed by atoms with Crippen molar-refractivity contribution in [2.75, 3.05) is 42.6 Å². The van der Waals surface area contributed by atoms with Crippen molar-refractivity contribution >= 4 is 35.0 Å². The first-order valence-corrected chi connectivity index (χ1v) is 15.2. The summed E-state index contributed by atoms with van der Waals surface area (Å²) in [6, 6.07) is 11.5. The van der Waals surface area contributed by atoms with Gasteiger partial charge in [0.1, 0.15) is 17.3 Å². The van der Waals surface area contributed by atoms with Gasteiger partial charge in [-0.25, -0.2) is 9.78 Å². The molecule has 41 heavy (non-hydrogen) atoms. The minimum Gasteiger partial charge on any atom is -0.480 e. The van der Waals surface area contributed by atoms with E-state index >= 15 is 0 Å². The summed E-state index contributed by atoms with van der Waals surface area (Å²) < 4.78 is 10.4. The number of hydrogen-bond acceptors (Lipinski definition) is 8. The highest BCUT2D eigenvalue weighted by Crippen LogP contribution is 2.55. The number of rotatable bonds is 8. The number of carbonyl (C=O) groups excluding carboxylic acids is 2. The molecule has 3 atom stereocenters. The van der Waals surface area contributed by atoms with Crippen molar-refractivity contribution in [3.63, 3.8) is 0 Å². The number of aromatic nitrogens is 1. The molecule has 1 amide bonds. The van der Waals surface area contributed by atoms with Crippen LogP contribution in [0.5, 0.6) is 5.75 Å². The second-order valence-electron chi connectivity index (χ2n) is 12.3. The van der Waals surface area contributed by atoms with Gasteiger partial charge in [-0.3, -0.25) is 4.79 Å². The molecular weight excluding hydrogens is 544 g/mol. The highest BCUT2D eigenvalue weighted by Gasteiger charge is 2.55. The lowest BCUT2D eigenvalue weighted by Gasteiger charge is -2.58. The van der Waals surface area contributed by atoms with Crippen LogP contribution < -0.4 is 19.9 Å². The van der Waals surface area contributed by atoms with Crippen LogP contribution in [-0.4, -0.2) is 72.5 Å². The Morgan fingerprint density at radius 3 is 2.61 bits per heavy atom. The van der Waals surface area contributed by atoms with Gasteiger partial charge in [-0.1, -0.05) is 17.7 Å². The van der Waals surface area contributed by atoms with Gasteiger partial charge in [0, 0.05) is 37.4 Å². The third kappa shape index (κ3) is 5.84. The standard InChI is InChI=1S/C31H39ClN4O5/c1-3-40-28(37)18-41-26-8-7-23(13-24(26)32)35-9-10-36(19(2)17-35)27-6-4-5-25(33-27)30(38)34-29-21-11-20-12-22(29)16-31(39,14-20)15-21/h4-8,13,19-22,29,39H,3,9-12,14-18H2,1-2H3,(H,34,38)/t19-,20?,21?,22?,29-,31-/m1/s1. The Bertz CT molecular complexity index is 1290. The zero-order valence-corrected chi connectivity index (χ0v) is 24.5. The van der Waals surface area contributed by atoms with E-state index in [0.717, 1.165) is 63.2 Å². The van der Waals surface area contributed by atoms with E-state index < -0.39 is 11.6 Å². The van der Waals surface area contributed by atoms with Gasteiger partial charge in [-0.2, -0.15) is 0 Å². The van der Waals surface area contributed by atoms with Gasteiger partial charge in [-0.05, 0) is 94.0 Å². The molecule has 5 aliphatic rings. The monoisotopic (exact) mass is 582 g/mol. The lowest BCUT2D eigenvalue weighted by atomic mass is 9.52. The third-order valence-corrected chi connectivity index (χ3v) is 9.65. The molecule has 0 radical (unpaired) electrons. The number of ether oxygens (including phenoxy) is 2. The third-order valence-electron chi connectivity index (χ3n) is 9.36. The van der Waals surface area contributed by atoms with Crippen LogP contribution in [0.2, 0.25) is 5.02 Å². The molecule has 2 heterocycles. The molecule has 5 fully saturated rings. The van der Waals surface area contributed by atoms with Gasteiger partial charge >= 0.3 is 5.97 Å². The molecule has 2 unspecified atom stereocenters. The van der Waals surface area contributed by atoms with Crippen molar-refractivity contribution in [2.45, 2.75) is 63.6 Å². The average molecular weight is 583 g/mol. The van der Waals surface area contributed by atoms with Crippen molar-refractivity contribution in [2.24, 2.45) is 17.8 Å². The molecule has 10 heteroatoms. The quantitative estimate of drug-likeness (QED) is 0.449. The second kappa shape index (κ2) is 11.3. The maximum atomic E-state index is 13.3. The SMILES string of the molecule is CCOC(=O)COc1ccc(N2CCN(c3cccc(C(=O)N[C@H]4C5CC6CC4C[C@](O)(C6)C5)n3)[C@H](C)C2)cc1Cl. The number of hydrogen-bond donors (Lipinski definition) is 2. The lowest BCUT2D eigenvalue weighted by Crippen LogP contribution is -2.61. The summed E-state index contributed by atoms with van der Waals surface area (Å²) in [5, 5.41) is 14.6. The van der Waals surface area contributed by atoms with E-state index in [2.05, 4.69) is 22.0 Å². The van der Waals surface area contributed by atoms with Gasteiger partial charge in [0.15, 0.2) is 6.61 Å². The maximum Gasteiger partial charge on any atom is 0.344 e. The molecule has 9 nitrogen and oxygen atoms in total. The Morgan fingerprint density at radius 1 is 1.15 bits per heavy atom. The number of esters is 1. The predicted octanol–water partition coefficient (Wildman–Crippen LogP) is 4.06. The average Bonchev–Trinajstić information content (AvgIpc) is 2.93. The minimum atomic E-state index is -0.514. The molecule has 2 N–H and O–H groups in total. The number of anilines is 2.